The van der Waals surface area contributed by atoms with Gasteiger partial charge >= 0.3 is 69.7 Å². The Hall–Kier alpha value is -2.68. The van der Waals surface area contributed by atoms with Crippen molar-refractivity contribution in [3.05, 3.63) is 127 Å². The largest absolute Gasteiger partial charge is 1.00 e. The molecule has 4 aromatic carbocycles. The van der Waals surface area contributed by atoms with Crippen LogP contribution < -0.4 is 77.4 Å². The fraction of sp³-hybridized carbons (Fsp3) is 0.458. The Morgan fingerprint density at radius 1 is 0.700 bits per heavy atom. The Bertz CT molecular complexity index is 2200. The molecule has 11 N–H and O–H groups in total. The van der Waals surface area contributed by atoms with Gasteiger partial charge in [0, 0.05) is 50.9 Å². The summed E-state index contributed by atoms with van der Waals surface area (Å²) < 4.78 is 90.8. The van der Waals surface area contributed by atoms with Crippen molar-refractivity contribution in [3.63, 3.8) is 0 Å². The molecule has 13 nitrogen and oxygen atoms in total. The van der Waals surface area contributed by atoms with Gasteiger partial charge in [0.1, 0.15) is 23.6 Å². The molecule has 0 radical (unpaired) electrons. The van der Waals surface area contributed by atoms with E-state index < -0.39 is 72.0 Å². The minimum atomic E-state index is -5.11. The predicted molar refractivity (Wildman–Crippen MR) is 247 cm³/mol. The van der Waals surface area contributed by atoms with E-state index in [0.717, 1.165) is 12.0 Å². The fourth-order valence-electron chi connectivity index (χ4n) is 8.35. The van der Waals surface area contributed by atoms with Crippen molar-refractivity contribution in [2.75, 3.05) is 14.2 Å². The van der Waals surface area contributed by atoms with E-state index in [4.69, 9.17) is 20.3 Å². The van der Waals surface area contributed by atoms with Crippen LogP contribution in [0.3, 0.4) is 0 Å². The number of aliphatic carboxylic acids is 2. The Balaban J connectivity index is 0.000000485. The number of carbonyl (C=O) groups is 2. The topological polar surface area (TPSA) is 260 Å². The van der Waals surface area contributed by atoms with E-state index in [1.807, 2.05) is 42.5 Å². The molecule has 2 aliphatic carbocycles. The van der Waals surface area contributed by atoms with E-state index in [-0.39, 0.29) is 81.2 Å². The number of ether oxygens (including phenoxy) is 2. The summed E-state index contributed by atoms with van der Waals surface area (Å²) in [5, 5.41) is 58.2. The molecule has 0 aromatic heterocycles. The number of fused-ring (bicyclic) bond motifs is 2. The molecule has 0 saturated heterocycles. The number of methoxy groups -OCH3 is 2. The van der Waals surface area contributed by atoms with Gasteiger partial charge in [0.25, 0.3) is 0 Å². The van der Waals surface area contributed by atoms with Crippen molar-refractivity contribution in [2.24, 2.45) is 5.73 Å². The van der Waals surface area contributed by atoms with Gasteiger partial charge in [-0.1, -0.05) is 108 Å². The number of aliphatic hydroxyl groups excluding tert-OH is 2. The number of benzene rings is 4. The van der Waals surface area contributed by atoms with Crippen LogP contribution in [0.1, 0.15) is 98.8 Å². The van der Waals surface area contributed by atoms with Gasteiger partial charge in [0.05, 0.1) is 32.8 Å². The van der Waals surface area contributed by atoms with Gasteiger partial charge in [-0.2, -0.15) is 26.3 Å². The van der Waals surface area contributed by atoms with Crippen LogP contribution in [0.5, 0.6) is 11.5 Å². The van der Waals surface area contributed by atoms with Crippen molar-refractivity contribution in [2.45, 2.75) is 125 Å². The maximum absolute atomic E-state index is 13.2. The standard InChI is InChI=1S/2C15H18BrF3O4.2C9H11NO.K.H2O/c2*1-13(2,10-6-9(16)4-5-11(10)23-3)8-14(22,7-12(20)21)15(17,18)19;2*10-9-7-4-2-1-3-6(7)5-8(9)11;;/h2*4-6,22H,7-8H2,1-3H3,(H,20,21);2*1-4,8-9,11H,5,10H2;;1H2/q;;;;+1;/p-1/t2*14-;2*8-,9+;;/m0000../s1. The number of aliphatic hydroxyl groups is 4. The van der Waals surface area contributed by atoms with Crippen molar-refractivity contribution in [1.82, 2.24) is 0 Å². The van der Waals surface area contributed by atoms with E-state index in [1.54, 1.807) is 36.4 Å². The number of alkyl halides is 6. The van der Waals surface area contributed by atoms with Crippen LogP contribution in [0.15, 0.2) is 93.9 Å². The first-order valence-corrected chi connectivity index (χ1v) is 22.6. The van der Waals surface area contributed by atoms with Gasteiger partial charge in [-0.3, -0.25) is 4.79 Å². The average molecular weight is 1150 g/mol. The average Bonchev–Trinajstić information content (AvgIpc) is 3.68. The molecule has 6 rings (SSSR count). The number of carboxylic acid groups (broad SMARTS) is 2. The van der Waals surface area contributed by atoms with Crippen LogP contribution in [0, 0.1) is 0 Å². The van der Waals surface area contributed by atoms with E-state index >= 15 is 0 Å². The molecule has 70 heavy (non-hydrogen) atoms. The summed E-state index contributed by atoms with van der Waals surface area (Å²) in [5.41, 5.74) is 6.10. The third-order valence-electron chi connectivity index (χ3n) is 11.8. The normalized spacial score (nSPS) is 18.9. The maximum Gasteiger partial charge on any atom is 1.00 e. The van der Waals surface area contributed by atoms with Crippen LogP contribution in [0.2, 0.25) is 0 Å². The molecule has 0 amide bonds. The second-order valence-corrected chi connectivity index (χ2v) is 19.9. The van der Waals surface area contributed by atoms with Crippen LogP contribution in [0.25, 0.3) is 0 Å². The number of carboxylic acids is 2. The first-order valence-electron chi connectivity index (χ1n) is 21.0. The molecule has 22 heteroatoms. The van der Waals surface area contributed by atoms with Crippen LogP contribution in [0.4, 0.5) is 26.3 Å². The first-order chi connectivity index (χ1) is 31.2. The number of hydrogen-bond acceptors (Lipinski definition) is 11. The van der Waals surface area contributed by atoms with Gasteiger partial charge in [-0.05, 0) is 76.8 Å². The smallest absolute Gasteiger partial charge is 0.870 e. The van der Waals surface area contributed by atoms with Crippen molar-refractivity contribution in [1.29, 1.82) is 0 Å². The monoisotopic (exact) mass is 1150 g/mol. The predicted octanol–water partition coefficient (Wildman–Crippen LogP) is 3.77. The molecule has 0 aliphatic heterocycles. The molecule has 0 saturated carbocycles. The molecule has 0 bridgehead atoms. The maximum atomic E-state index is 13.2. The molecule has 6 atom stereocenters. The van der Waals surface area contributed by atoms with Crippen molar-refractivity contribution in [3.8, 4) is 11.5 Å². The number of nitrogens with two attached hydrogens (primary N) is 1. The molecular weight excluding hydrogens is 1090 g/mol. The number of quaternary nitrogens is 1. The molecule has 0 fully saturated rings. The van der Waals surface area contributed by atoms with Gasteiger partial charge in [-0.15, -0.1) is 0 Å². The Labute approximate surface area is 461 Å². The summed E-state index contributed by atoms with van der Waals surface area (Å²) in [5.74, 6) is -2.99. The quantitative estimate of drug-likeness (QED) is 0.0791. The van der Waals surface area contributed by atoms with E-state index in [2.05, 4.69) is 43.7 Å². The number of rotatable bonds is 12. The zero-order valence-corrected chi connectivity index (χ0v) is 46.0. The molecule has 384 valence electrons. The fourth-order valence-corrected chi connectivity index (χ4v) is 9.07. The van der Waals surface area contributed by atoms with Crippen LogP contribution >= 0.6 is 31.9 Å². The van der Waals surface area contributed by atoms with Gasteiger partial charge in [-0.25, -0.2) is 0 Å². The molecular formula is C48H59Br2F6KN2O11. The third-order valence-corrected chi connectivity index (χ3v) is 12.8. The van der Waals surface area contributed by atoms with E-state index in [1.165, 1.54) is 58.6 Å². The minimum absolute atomic E-state index is 0. The summed E-state index contributed by atoms with van der Waals surface area (Å²) in [6, 6.07) is 25.6. The van der Waals surface area contributed by atoms with E-state index in [9.17, 15) is 61.5 Å². The number of hydrogen-bond donors (Lipinski definition) is 7. The molecule has 2 aliphatic rings. The summed E-state index contributed by atoms with van der Waals surface area (Å²) in [4.78, 5) is 21.4. The van der Waals surface area contributed by atoms with Crippen molar-refractivity contribution < 1.29 is 139 Å². The molecule has 0 spiro atoms. The number of halogens is 8. The Kier molecular flexibility index (Phi) is 24.7. The van der Waals surface area contributed by atoms with E-state index in [0.29, 0.717) is 38.0 Å². The van der Waals surface area contributed by atoms with Gasteiger partial charge < -0.3 is 61.9 Å². The second-order valence-electron chi connectivity index (χ2n) is 18.1. The van der Waals surface area contributed by atoms with Crippen molar-refractivity contribution >= 4 is 43.8 Å². The zero-order chi connectivity index (χ0) is 51.8. The Morgan fingerprint density at radius 2 is 1.07 bits per heavy atom. The zero-order valence-electron chi connectivity index (χ0n) is 39.7. The Morgan fingerprint density at radius 3 is 1.43 bits per heavy atom. The SMILES string of the molecule is COc1ccc(Br)cc1C(C)(C)C[C@@](O)(CC(=O)O)C(F)(F)F.COc1ccc(Br)cc1C(C)(C)C[C@@](O)(CC(=O)[O-])C(F)(F)F.N[C@@H]1c2ccccc2C[C@@H]1O.[K+].[NH3+][C@@H]1c2ccccc2C[C@@H]1O.[OH-]. The summed E-state index contributed by atoms with van der Waals surface area (Å²) in [6.45, 7) is 5.94. The van der Waals surface area contributed by atoms with Gasteiger partial charge in [0.2, 0.25) is 0 Å². The van der Waals surface area contributed by atoms with Gasteiger partial charge in [0.15, 0.2) is 11.2 Å². The minimum Gasteiger partial charge on any atom is -0.870 e. The molecule has 0 heterocycles. The summed E-state index contributed by atoms with van der Waals surface area (Å²) in [7, 11) is 2.76. The first kappa shape index (κ1) is 65.3. The molecule has 0 unspecified atom stereocenters. The third kappa shape index (κ3) is 17.2. The second kappa shape index (κ2) is 26.5. The summed E-state index contributed by atoms with van der Waals surface area (Å²) in [6.07, 6.45) is -14.0. The molecule has 4 aromatic rings. The number of carbonyl (C=O) groups excluding carboxylic acids is 1. The van der Waals surface area contributed by atoms with Crippen LogP contribution in [-0.2, 0) is 33.3 Å². The van der Waals surface area contributed by atoms with Crippen LogP contribution in [-0.4, -0.2) is 92.9 Å². The summed E-state index contributed by atoms with van der Waals surface area (Å²) >= 11 is 6.48.